The van der Waals surface area contributed by atoms with Crippen LogP contribution in [0, 0.1) is 0 Å². The number of fused-ring (bicyclic) bond motifs is 1. The van der Waals surface area contributed by atoms with E-state index in [4.69, 9.17) is 4.74 Å². The second kappa shape index (κ2) is 7.81. The molecule has 2 aliphatic rings. The molecule has 9 heteroatoms. The zero-order valence-electron chi connectivity index (χ0n) is 16.8. The highest BCUT2D eigenvalue weighted by Gasteiger charge is 2.52. The summed E-state index contributed by atoms with van der Waals surface area (Å²) >= 11 is 0. The number of para-hydroxylation sites is 1. The third-order valence-electron chi connectivity index (χ3n) is 5.79. The molecular weight excluding hydrogens is 388 g/mol. The lowest BCUT2D eigenvalue weighted by Crippen LogP contribution is -2.51. The summed E-state index contributed by atoms with van der Waals surface area (Å²) in [6.45, 7) is 2.04. The van der Waals surface area contributed by atoms with Crippen molar-refractivity contribution in [2.45, 2.75) is 51.1 Å². The minimum atomic E-state index is -0.929. The number of rotatable bonds is 5. The van der Waals surface area contributed by atoms with Crippen LogP contribution in [0.25, 0.3) is 10.9 Å². The fourth-order valence-electron chi connectivity index (χ4n) is 4.25. The van der Waals surface area contributed by atoms with Crippen LogP contribution in [-0.4, -0.2) is 45.5 Å². The number of carbonyl (C=O) groups is 4. The van der Waals surface area contributed by atoms with E-state index in [-0.39, 0.29) is 0 Å². The number of nitrogens with one attached hydrogen (secondary N) is 2. The van der Waals surface area contributed by atoms with E-state index in [1.165, 1.54) is 0 Å². The minimum absolute atomic E-state index is 0.358. The molecule has 4 amide bonds. The molecule has 0 unspecified atom stereocenters. The Morgan fingerprint density at radius 2 is 1.90 bits per heavy atom. The highest BCUT2D eigenvalue weighted by Crippen LogP contribution is 2.33. The average Bonchev–Trinajstić information content (AvgIpc) is 3.24. The van der Waals surface area contributed by atoms with Crippen LogP contribution in [0.1, 0.15) is 49.4 Å². The van der Waals surface area contributed by atoms with E-state index in [9.17, 15) is 19.2 Å². The Hall–Kier alpha value is -3.36. The van der Waals surface area contributed by atoms with Gasteiger partial charge in [0.1, 0.15) is 5.54 Å². The Kier molecular flexibility index (Phi) is 5.19. The molecule has 1 aliphatic heterocycles. The Balaban J connectivity index is 1.39. The third-order valence-corrected chi connectivity index (χ3v) is 5.79. The SMILES string of the molecule is CCn1cc(C(=O)OCC(=O)NN2C(=O)NC3(CCCCC3)C2=O)c2ccccc21. The summed E-state index contributed by atoms with van der Waals surface area (Å²) in [5.41, 5.74) is 2.59. The first-order valence-electron chi connectivity index (χ1n) is 10.2. The van der Waals surface area contributed by atoms with Gasteiger partial charge in [0.25, 0.3) is 11.8 Å². The van der Waals surface area contributed by atoms with Crippen molar-refractivity contribution in [3.8, 4) is 0 Å². The molecule has 4 rings (SSSR count). The maximum atomic E-state index is 12.7. The highest BCUT2D eigenvalue weighted by atomic mass is 16.5. The van der Waals surface area contributed by atoms with Gasteiger partial charge in [0.05, 0.1) is 5.56 Å². The summed E-state index contributed by atoms with van der Waals surface area (Å²) in [4.78, 5) is 49.7. The number of hydrogen-bond acceptors (Lipinski definition) is 5. The van der Waals surface area contributed by atoms with Crippen LogP contribution < -0.4 is 10.7 Å². The molecular formula is C21H24N4O5. The number of ether oxygens (including phenoxy) is 1. The number of hydrazine groups is 1. The molecule has 1 aliphatic carbocycles. The molecule has 2 N–H and O–H groups in total. The predicted molar refractivity (Wildman–Crippen MR) is 107 cm³/mol. The number of esters is 1. The van der Waals surface area contributed by atoms with Crippen molar-refractivity contribution in [3.05, 3.63) is 36.0 Å². The van der Waals surface area contributed by atoms with Crippen LogP contribution in [0.4, 0.5) is 4.79 Å². The summed E-state index contributed by atoms with van der Waals surface area (Å²) < 4.78 is 7.06. The Bertz CT molecular complexity index is 1020. The molecule has 9 nitrogen and oxygen atoms in total. The van der Waals surface area contributed by atoms with Crippen molar-refractivity contribution in [2.75, 3.05) is 6.61 Å². The molecule has 0 radical (unpaired) electrons. The van der Waals surface area contributed by atoms with Gasteiger partial charge in [0, 0.05) is 23.6 Å². The smallest absolute Gasteiger partial charge is 0.344 e. The fraction of sp³-hybridized carbons (Fsp3) is 0.429. The van der Waals surface area contributed by atoms with E-state index in [1.807, 2.05) is 35.8 Å². The molecule has 2 aromatic rings. The first-order chi connectivity index (χ1) is 14.4. The van der Waals surface area contributed by atoms with Crippen molar-refractivity contribution < 1.29 is 23.9 Å². The van der Waals surface area contributed by atoms with E-state index in [0.717, 1.165) is 30.2 Å². The molecule has 1 saturated carbocycles. The van der Waals surface area contributed by atoms with Gasteiger partial charge in [-0.15, -0.1) is 0 Å². The minimum Gasteiger partial charge on any atom is -0.452 e. The number of benzene rings is 1. The van der Waals surface area contributed by atoms with E-state index < -0.39 is 36.0 Å². The largest absolute Gasteiger partial charge is 0.452 e. The summed E-state index contributed by atoms with van der Waals surface area (Å²) in [5, 5.41) is 4.14. The summed E-state index contributed by atoms with van der Waals surface area (Å²) in [5.74, 6) is -1.86. The number of carbonyl (C=O) groups excluding carboxylic acids is 4. The lowest BCUT2D eigenvalue weighted by Gasteiger charge is -2.30. The van der Waals surface area contributed by atoms with E-state index in [1.54, 1.807) is 6.20 Å². The van der Waals surface area contributed by atoms with Gasteiger partial charge in [-0.2, -0.15) is 5.01 Å². The quantitative estimate of drug-likeness (QED) is 0.577. The molecule has 1 aromatic heterocycles. The fourth-order valence-corrected chi connectivity index (χ4v) is 4.25. The van der Waals surface area contributed by atoms with Crippen LogP contribution in [-0.2, 0) is 20.9 Å². The van der Waals surface area contributed by atoms with Crippen LogP contribution >= 0.6 is 0 Å². The second-order valence-electron chi connectivity index (χ2n) is 7.67. The van der Waals surface area contributed by atoms with Gasteiger partial charge in [-0.25, -0.2) is 9.59 Å². The molecule has 1 saturated heterocycles. The second-order valence-corrected chi connectivity index (χ2v) is 7.67. The number of imide groups is 1. The predicted octanol–water partition coefficient (Wildman–Crippen LogP) is 2.10. The van der Waals surface area contributed by atoms with Crippen LogP contribution in [0.3, 0.4) is 0 Å². The van der Waals surface area contributed by atoms with Crippen molar-refractivity contribution >= 4 is 34.7 Å². The standard InChI is InChI=1S/C21H24N4O5/c1-2-24-12-15(14-8-4-5-9-16(14)24)18(27)30-13-17(26)23-25-19(28)21(22-20(25)29)10-6-3-7-11-21/h4-5,8-9,12H,2-3,6-7,10-11,13H2,1H3,(H,22,29)(H,23,26). The van der Waals surface area contributed by atoms with Crippen LogP contribution in [0.2, 0.25) is 0 Å². The Morgan fingerprint density at radius 1 is 1.17 bits per heavy atom. The number of hydrogen-bond donors (Lipinski definition) is 2. The van der Waals surface area contributed by atoms with Gasteiger partial charge in [0.2, 0.25) is 0 Å². The molecule has 1 aromatic carbocycles. The van der Waals surface area contributed by atoms with Crippen molar-refractivity contribution in [3.63, 3.8) is 0 Å². The molecule has 0 atom stereocenters. The van der Waals surface area contributed by atoms with Crippen molar-refractivity contribution in [2.24, 2.45) is 0 Å². The van der Waals surface area contributed by atoms with Gasteiger partial charge < -0.3 is 14.6 Å². The normalized spacial score (nSPS) is 18.0. The number of aryl methyl sites for hydroxylation is 1. The van der Waals surface area contributed by atoms with Gasteiger partial charge in [-0.05, 0) is 25.8 Å². The van der Waals surface area contributed by atoms with Gasteiger partial charge in [-0.3, -0.25) is 15.0 Å². The first kappa shape index (κ1) is 19.9. The monoisotopic (exact) mass is 412 g/mol. The van der Waals surface area contributed by atoms with Crippen molar-refractivity contribution in [1.29, 1.82) is 0 Å². The number of urea groups is 1. The summed E-state index contributed by atoms with van der Waals surface area (Å²) in [6, 6.07) is 6.77. The lowest BCUT2D eigenvalue weighted by atomic mass is 9.82. The van der Waals surface area contributed by atoms with E-state index in [0.29, 0.717) is 30.0 Å². The Morgan fingerprint density at radius 3 is 2.63 bits per heavy atom. The molecule has 2 fully saturated rings. The van der Waals surface area contributed by atoms with Gasteiger partial charge >= 0.3 is 12.0 Å². The topological polar surface area (TPSA) is 110 Å². The number of amides is 4. The maximum Gasteiger partial charge on any atom is 0.344 e. The molecule has 2 heterocycles. The highest BCUT2D eigenvalue weighted by molar-refractivity contribution is 6.08. The Labute approximate surface area is 173 Å². The molecule has 30 heavy (non-hydrogen) atoms. The van der Waals surface area contributed by atoms with Gasteiger partial charge in [-0.1, -0.05) is 37.5 Å². The number of aromatic nitrogens is 1. The summed E-state index contributed by atoms with van der Waals surface area (Å²) in [6.07, 6.45) is 5.51. The average molecular weight is 412 g/mol. The van der Waals surface area contributed by atoms with E-state index in [2.05, 4.69) is 10.7 Å². The third kappa shape index (κ3) is 3.40. The maximum absolute atomic E-state index is 12.7. The first-order valence-corrected chi connectivity index (χ1v) is 10.2. The van der Waals surface area contributed by atoms with E-state index >= 15 is 0 Å². The number of nitrogens with zero attached hydrogens (tertiary/aromatic N) is 2. The summed E-state index contributed by atoms with van der Waals surface area (Å²) in [7, 11) is 0. The van der Waals surface area contributed by atoms with Crippen molar-refractivity contribution in [1.82, 2.24) is 20.3 Å². The van der Waals surface area contributed by atoms with Crippen LogP contribution in [0.5, 0.6) is 0 Å². The molecule has 0 bridgehead atoms. The lowest BCUT2D eigenvalue weighted by molar-refractivity contribution is -0.140. The molecule has 158 valence electrons. The molecule has 1 spiro atoms. The van der Waals surface area contributed by atoms with Gasteiger partial charge in [0.15, 0.2) is 6.61 Å². The zero-order valence-corrected chi connectivity index (χ0v) is 16.8. The van der Waals surface area contributed by atoms with Crippen LogP contribution in [0.15, 0.2) is 30.5 Å². The zero-order chi connectivity index (χ0) is 21.3.